The molecule has 0 bridgehead atoms. The molecule has 0 unspecified atom stereocenters. The average molecular weight is 234 g/mol. The lowest BCUT2D eigenvalue weighted by molar-refractivity contribution is -0.139. The zero-order valence-corrected chi connectivity index (χ0v) is 9.24. The van der Waals surface area contributed by atoms with Crippen LogP contribution in [0.25, 0.3) is 6.08 Å². The summed E-state index contributed by atoms with van der Waals surface area (Å²) in [5.74, 6) is -1.40. The zero-order valence-electron chi connectivity index (χ0n) is 9.24. The summed E-state index contributed by atoms with van der Waals surface area (Å²) >= 11 is 0. The number of aliphatic hydroxyl groups is 1. The molecule has 0 aliphatic rings. The number of carboxylic acid groups (broad SMARTS) is 1. The maximum atomic E-state index is 11.4. The fourth-order valence-electron chi connectivity index (χ4n) is 1.33. The molecule has 0 aliphatic carbocycles. The molecular formula is C13H14O4. The summed E-state index contributed by atoms with van der Waals surface area (Å²) in [5.41, 5.74) is 0.883. The SMILES string of the molecule is O=C(O)C[C@@H](O)CC(=O)/C=C/c1ccccc1. The van der Waals surface area contributed by atoms with E-state index in [1.54, 1.807) is 6.08 Å². The Bertz CT molecular complexity index is 409. The van der Waals surface area contributed by atoms with E-state index in [-0.39, 0.29) is 12.2 Å². The van der Waals surface area contributed by atoms with Crippen LogP contribution in [0.5, 0.6) is 0 Å². The summed E-state index contributed by atoms with van der Waals surface area (Å²) in [5, 5.41) is 17.7. The van der Waals surface area contributed by atoms with Crippen molar-refractivity contribution >= 4 is 17.8 Å². The van der Waals surface area contributed by atoms with Crippen LogP contribution in [0, 0.1) is 0 Å². The van der Waals surface area contributed by atoms with Crippen LogP contribution in [-0.2, 0) is 9.59 Å². The lowest BCUT2D eigenvalue weighted by atomic mass is 10.1. The van der Waals surface area contributed by atoms with E-state index < -0.39 is 18.5 Å². The van der Waals surface area contributed by atoms with Gasteiger partial charge in [0, 0.05) is 6.42 Å². The van der Waals surface area contributed by atoms with Gasteiger partial charge in [0.1, 0.15) is 0 Å². The second-order valence-electron chi connectivity index (χ2n) is 3.67. The molecule has 1 atom stereocenters. The maximum Gasteiger partial charge on any atom is 0.305 e. The van der Waals surface area contributed by atoms with Crippen LogP contribution in [0.4, 0.5) is 0 Å². The van der Waals surface area contributed by atoms with Crippen molar-refractivity contribution in [3.05, 3.63) is 42.0 Å². The molecule has 2 N–H and O–H groups in total. The first kappa shape index (κ1) is 13.1. The lowest BCUT2D eigenvalue weighted by Gasteiger charge is -2.03. The standard InChI is InChI=1S/C13H14O4/c14-11(8-12(15)9-13(16)17)7-6-10-4-2-1-3-5-10/h1-7,12,15H,8-9H2,(H,16,17)/b7-6+/t12-/m0/s1. The molecule has 0 saturated heterocycles. The van der Waals surface area contributed by atoms with E-state index in [1.807, 2.05) is 30.3 Å². The predicted octanol–water partition coefficient (Wildman–Crippen LogP) is 1.49. The third kappa shape index (κ3) is 5.63. The van der Waals surface area contributed by atoms with Gasteiger partial charge in [-0.15, -0.1) is 0 Å². The van der Waals surface area contributed by atoms with Crippen molar-refractivity contribution in [1.82, 2.24) is 0 Å². The number of ketones is 1. The van der Waals surface area contributed by atoms with Crippen LogP contribution in [0.15, 0.2) is 36.4 Å². The molecule has 0 radical (unpaired) electrons. The topological polar surface area (TPSA) is 74.6 Å². The predicted molar refractivity (Wildman–Crippen MR) is 63.4 cm³/mol. The molecule has 1 aromatic rings. The summed E-state index contributed by atoms with van der Waals surface area (Å²) in [6, 6.07) is 9.26. The molecule has 0 saturated carbocycles. The van der Waals surface area contributed by atoms with Crippen molar-refractivity contribution in [1.29, 1.82) is 0 Å². The van der Waals surface area contributed by atoms with Crippen LogP contribution < -0.4 is 0 Å². The van der Waals surface area contributed by atoms with Gasteiger partial charge in [0.15, 0.2) is 5.78 Å². The van der Waals surface area contributed by atoms with Gasteiger partial charge < -0.3 is 10.2 Å². The highest BCUT2D eigenvalue weighted by Crippen LogP contribution is 2.04. The van der Waals surface area contributed by atoms with Gasteiger partial charge in [-0.25, -0.2) is 0 Å². The number of hydrogen-bond donors (Lipinski definition) is 2. The Balaban J connectivity index is 2.44. The van der Waals surface area contributed by atoms with Crippen molar-refractivity contribution in [3.8, 4) is 0 Å². The number of carbonyl (C=O) groups excluding carboxylic acids is 1. The van der Waals surface area contributed by atoms with Gasteiger partial charge in [0.25, 0.3) is 0 Å². The van der Waals surface area contributed by atoms with Gasteiger partial charge in [-0.3, -0.25) is 9.59 Å². The second-order valence-corrected chi connectivity index (χ2v) is 3.67. The summed E-state index contributed by atoms with van der Waals surface area (Å²) in [4.78, 5) is 21.6. The quantitative estimate of drug-likeness (QED) is 0.731. The highest BCUT2D eigenvalue weighted by molar-refractivity contribution is 5.94. The number of rotatable bonds is 6. The van der Waals surface area contributed by atoms with Gasteiger partial charge in [0.05, 0.1) is 12.5 Å². The first-order valence-corrected chi connectivity index (χ1v) is 5.24. The van der Waals surface area contributed by atoms with E-state index in [1.165, 1.54) is 6.08 Å². The molecule has 0 aromatic heterocycles. The van der Waals surface area contributed by atoms with E-state index >= 15 is 0 Å². The molecular weight excluding hydrogens is 220 g/mol. The van der Waals surface area contributed by atoms with Crippen molar-refractivity contribution < 1.29 is 19.8 Å². The summed E-state index contributed by atoms with van der Waals surface area (Å²) in [6.07, 6.45) is 1.27. The molecule has 0 heterocycles. The van der Waals surface area contributed by atoms with E-state index in [4.69, 9.17) is 5.11 Å². The van der Waals surface area contributed by atoms with Crippen LogP contribution in [-0.4, -0.2) is 28.1 Å². The van der Waals surface area contributed by atoms with Crippen molar-refractivity contribution in [3.63, 3.8) is 0 Å². The maximum absolute atomic E-state index is 11.4. The van der Waals surface area contributed by atoms with E-state index in [0.717, 1.165) is 5.56 Å². The monoisotopic (exact) mass is 234 g/mol. The number of benzene rings is 1. The number of carbonyl (C=O) groups is 2. The molecule has 0 amide bonds. The average Bonchev–Trinajstić information content (AvgIpc) is 2.26. The van der Waals surface area contributed by atoms with Gasteiger partial charge in [-0.2, -0.15) is 0 Å². The fourth-order valence-corrected chi connectivity index (χ4v) is 1.33. The highest BCUT2D eigenvalue weighted by atomic mass is 16.4. The molecule has 0 fully saturated rings. The Kier molecular flexibility index (Phi) is 5.10. The van der Waals surface area contributed by atoms with E-state index in [2.05, 4.69) is 0 Å². The molecule has 90 valence electrons. The Labute approximate surface area is 99.2 Å². The lowest BCUT2D eigenvalue weighted by Crippen LogP contribution is -2.16. The Morgan fingerprint density at radius 1 is 1.18 bits per heavy atom. The highest BCUT2D eigenvalue weighted by Gasteiger charge is 2.12. The van der Waals surface area contributed by atoms with Gasteiger partial charge in [-0.05, 0) is 11.6 Å². The third-order valence-corrected chi connectivity index (χ3v) is 2.11. The van der Waals surface area contributed by atoms with Gasteiger partial charge in [0.2, 0.25) is 0 Å². The summed E-state index contributed by atoms with van der Waals surface area (Å²) < 4.78 is 0. The molecule has 17 heavy (non-hydrogen) atoms. The number of carboxylic acids is 1. The summed E-state index contributed by atoms with van der Waals surface area (Å²) in [6.45, 7) is 0. The first-order chi connectivity index (χ1) is 8.08. The van der Waals surface area contributed by atoms with E-state index in [0.29, 0.717) is 0 Å². The minimum atomic E-state index is -1.12. The molecule has 4 heteroatoms. The van der Waals surface area contributed by atoms with Gasteiger partial charge in [-0.1, -0.05) is 36.4 Å². The zero-order chi connectivity index (χ0) is 12.7. The number of allylic oxidation sites excluding steroid dienone is 1. The molecule has 1 rings (SSSR count). The first-order valence-electron chi connectivity index (χ1n) is 5.24. The molecule has 0 spiro atoms. The van der Waals surface area contributed by atoms with Crippen LogP contribution in [0.1, 0.15) is 18.4 Å². The number of aliphatic hydroxyl groups excluding tert-OH is 1. The molecule has 1 aromatic carbocycles. The Hall–Kier alpha value is -1.94. The van der Waals surface area contributed by atoms with E-state index in [9.17, 15) is 14.7 Å². The van der Waals surface area contributed by atoms with Gasteiger partial charge >= 0.3 is 5.97 Å². The minimum Gasteiger partial charge on any atom is -0.481 e. The van der Waals surface area contributed by atoms with Crippen LogP contribution in [0.2, 0.25) is 0 Å². The van der Waals surface area contributed by atoms with Crippen LogP contribution in [0.3, 0.4) is 0 Å². The van der Waals surface area contributed by atoms with Crippen LogP contribution >= 0.6 is 0 Å². The van der Waals surface area contributed by atoms with Crippen molar-refractivity contribution in [2.75, 3.05) is 0 Å². The second kappa shape index (κ2) is 6.60. The minimum absolute atomic E-state index is 0.171. The van der Waals surface area contributed by atoms with Crippen molar-refractivity contribution in [2.24, 2.45) is 0 Å². The Morgan fingerprint density at radius 2 is 1.82 bits per heavy atom. The fraction of sp³-hybridized carbons (Fsp3) is 0.231. The number of hydrogen-bond acceptors (Lipinski definition) is 3. The largest absolute Gasteiger partial charge is 0.481 e. The Morgan fingerprint density at radius 3 is 2.41 bits per heavy atom. The third-order valence-electron chi connectivity index (χ3n) is 2.11. The van der Waals surface area contributed by atoms with Crippen molar-refractivity contribution in [2.45, 2.75) is 18.9 Å². The molecule has 0 aliphatic heterocycles. The smallest absolute Gasteiger partial charge is 0.305 e. The number of aliphatic carboxylic acids is 1. The normalized spacial score (nSPS) is 12.5. The molecule has 4 nitrogen and oxygen atoms in total. The summed E-state index contributed by atoms with van der Waals surface area (Å²) in [7, 11) is 0.